The molecule has 2 heteroatoms. The van der Waals surface area contributed by atoms with Crippen molar-refractivity contribution >= 4 is 0 Å². The highest BCUT2D eigenvalue weighted by atomic mass is 14.9. The molecule has 0 aromatic heterocycles. The Morgan fingerprint density at radius 3 is 2.06 bits per heavy atom. The van der Waals surface area contributed by atoms with E-state index in [0.717, 1.165) is 25.6 Å². The fourth-order valence-electron chi connectivity index (χ4n) is 2.36. The first-order valence-corrected chi connectivity index (χ1v) is 6.69. The summed E-state index contributed by atoms with van der Waals surface area (Å²) in [6, 6.07) is 0. The maximum absolute atomic E-state index is 5.76. The Balaban J connectivity index is 3.87. The molecule has 0 rings (SSSR count). The van der Waals surface area contributed by atoms with Crippen LogP contribution in [0.3, 0.4) is 0 Å². The second-order valence-corrected chi connectivity index (χ2v) is 6.63. The second kappa shape index (κ2) is 7.29. The fraction of sp³-hybridized carbons (Fsp3) is 1.00. The summed E-state index contributed by atoms with van der Waals surface area (Å²) >= 11 is 0. The average molecular weight is 228 g/mol. The predicted molar refractivity (Wildman–Crippen MR) is 73.5 cm³/mol. The Bertz CT molecular complexity index is 174. The molecule has 3 N–H and O–H groups in total. The summed E-state index contributed by atoms with van der Waals surface area (Å²) in [5.74, 6) is 2.05. The van der Waals surface area contributed by atoms with Gasteiger partial charge in [0.1, 0.15) is 0 Å². The average Bonchev–Trinajstić information content (AvgIpc) is 2.09. The normalized spacial score (nSPS) is 14.8. The van der Waals surface area contributed by atoms with Crippen LogP contribution >= 0.6 is 0 Å². The van der Waals surface area contributed by atoms with Crippen LogP contribution in [0.25, 0.3) is 0 Å². The fourth-order valence-corrected chi connectivity index (χ4v) is 2.36. The SMILES string of the molecule is CC(C)CC(C)(C)CNCC(CN)C(C)C. The van der Waals surface area contributed by atoms with Gasteiger partial charge in [-0.25, -0.2) is 0 Å². The lowest BCUT2D eigenvalue weighted by Gasteiger charge is -2.29. The van der Waals surface area contributed by atoms with Crippen LogP contribution < -0.4 is 11.1 Å². The number of nitrogens with two attached hydrogens (primary N) is 1. The van der Waals surface area contributed by atoms with E-state index in [9.17, 15) is 0 Å². The molecular formula is C14H32N2. The molecule has 1 unspecified atom stereocenters. The van der Waals surface area contributed by atoms with Crippen molar-refractivity contribution in [2.45, 2.75) is 48.0 Å². The van der Waals surface area contributed by atoms with Gasteiger partial charge in [-0.05, 0) is 42.7 Å². The van der Waals surface area contributed by atoms with Gasteiger partial charge < -0.3 is 11.1 Å². The van der Waals surface area contributed by atoms with Gasteiger partial charge in [-0.1, -0.05) is 41.5 Å². The molecule has 0 aliphatic heterocycles. The van der Waals surface area contributed by atoms with Crippen molar-refractivity contribution in [3.8, 4) is 0 Å². The Labute approximate surface area is 102 Å². The van der Waals surface area contributed by atoms with Crippen molar-refractivity contribution in [1.82, 2.24) is 5.32 Å². The van der Waals surface area contributed by atoms with Crippen molar-refractivity contribution < 1.29 is 0 Å². The molecule has 1 atom stereocenters. The Kier molecular flexibility index (Phi) is 7.25. The Morgan fingerprint density at radius 1 is 1.12 bits per heavy atom. The maximum Gasteiger partial charge on any atom is 0.000274 e. The zero-order chi connectivity index (χ0) is 12.8. The smallest absolute Gasteiger partial charge is 0.000274 e. The van der Waals surface area contributed by atoms with Crippen LogP contribution in [0, 0.1) is 23.2 Å². The van der Waals surface area contributed by atoms with Crippen LogP contribution in [0.1, 0.15) is 48.0 Å². The summed E-state index contributed by atoms with van der Waals surface area (Å²) in [4.78, 5) is 0. The highest BCUT2D eigenvalue weighted by Gasteiger charge is 2.20. The van der Waals surface area contributed by atoms with Gasteiger partial charge in [-0.15, -0.1) is 0 Å². The topological polar surface area (TPSA) is 38.0 Å². The third-order valence-electron chi connectivity index (χ3n) is 3.22. The van der Waals surface area contributed by atoms with Crippen molar-refractivity contribution in [3.05, 3.63) is 0 Å². The molecule has 2 nitrogen and oxygen atoms in total. The lowest BCUT2D eigenvalue weighted by Crippen LogP contribution is -2.37. The maximum atomic E-state index is 5.76. The lowest BCUT2D eigenvalue weighted by atomic mass is 9.83. The van der Waals surface area contributed by atoms with Crippen LogP contribution in [0.15, 0.2) is 0 Å². The summed E-state index contributed by atoms with van der Waals surface area (Å²) < 4.78 is 0. The first kappa shape index (κ1) is 15.9. The van der Waals surface area contributed by atoms with E-state index >= 15 is 0 Å². The molecule has 0 aliphatic carbocycles. The van der Waals surface area contributed by atoms with Crippen LogP contribution in [0.4, 0.5) is 0 Å². The van der Waals surface area contributed by atoms with E-state index in [-0.39, 0.29) is 0 Å². The molecule has 0 fully saturated rings. The van der Waals surface area contributed by atoms with E-state index in [1.54, 1.807) is 0 Å². The molecule has 0 saturated carbocycles. The third-order valence-corrected chi connectivity index (χ3v) is 3.22. The van der Waals surface area contributed by atoms with Gasteiger partial charge in [-0.3, -0.25) is 0 Å². The Hall–Kier alpha value is -0.0800. The molecular weight excluding hydrogens is 196 g/mol. The van der Waals surface area contributed by atoms with Gasteiger partial charge in [0.25, 0.3) is 0 Å². The van der Waals surface area contributed by atoms with Crippen LogP contribution in [-0.4, -0.2) is 19.6 Å². The highest BCUT2D eigenvalue weighted by Crippen LogP contribution is 2.24. The molecule has 98 valence electrons. The van der Waals surface area contributed by atoms with Gasteiger partial charge in [0.15, 0.2) is 0 Å². The molecule has 0 radical (unpaired) electrons. The van der Waals surface area contributed by atoms with Gasteiger partial charge in [-0.2, -0.15) is 0 Å². The van der Waals surface area contributed by atoms with E-state index in [1.165, 1.54) is 6.42 Å². The van der Waals surface area contributed by atoms with Crippen molar-refractivity contribution in [2.75, 3.05) is 19.6 Å². The highest BCUT2D eigenvalue weighted by molar-refractivity contribution is 4.75. The monoisotopic (exact) mass is 228 g/mol. The van der Waals surface area contributed by atoms with Gasteiger partial charge in [0, 0.05) is 6.54 Å². The standard InChI is InChI=1S/C14H32N2/c1-11(2)7-14(5,6)10-16-9-13(8-15)12(3)4/h11-13,16H,7-10,15H2,1-6H3. The van der Waals surface area contributed by atoms with Gasteiger partial charge in [0.05, 0.1) is 0 Å². The molecule has 0 saturated heterocycles. The van der Waals surface area contributed by atoms with Gasteiger partial charge in [0.2, 0.25) is 0 Å². The largest absolute Gasteiger partial charge is 0.330 e. The predicted octanol–water partition coefficient (Wildman–Crippen LogP) is 2.88. The molecule has 0 aromatic carbocycles. The molecule has 0 bridgehead atoms. The van der Waals surface area contributed by atoms with E-state index in [1.807, 2.05) is 0 Å². The number of hydrogen-bond acceptors (Lipinski definition) is 2. The van der Waals surface area contributed by atoms with E-state index in [2.05, 4.69) is 46.9 Å². The minimum atomic E-state index is 0.393. The molecule has 0 spiro atoms. The van der Waals surface area contributed by atoms with Crippen molar-refractivity contribution in [2.24, 2.45) is 28.9 Å². The summed E-state index contributed by atoms with van der Waals surface area (Å²) in [5, 5.41) is 3.58. The summed E-state index contributed by atoms with van der Waals surface area (Å²) in [5.41, 5.74) is 6.16. The van der Waals surface area contributed by atoms with Crippen LogP contribution in [0.2, 0.25) is 0 Å². The summed E-state index contributed by atoms with van der Waals surface area (Å²) in [6.07, 6.45) is 1.27. The van der Waals surface area contributed by atoms with Crippen molar-refractivity contribution in [1.29, 1.82) is 0 Å². The molecule has 0 aliphatic rings. The quantitative estimate of drug-likeness (QED) is 0.670. The minimum absolute atomic E-state index is 0.393. The first-order valence-electron chi connectivity index (χ1n) is 6.69. The number of hydrogen-bond donors (Lipinski definition) is 2. The molecule has 16 heavy (non-hydrogen) atoms. The summed E-state index contributed by atoms with van der Waals surface area (Å²) in [7, 11) is 0. The minimum Gasteiger partial charge on any atom is -0.330 e. The van der Waals surface area contributed by atoms with E-state index in [4.69, 9.17) is 5.73 Å². The lowest BCUT2D eigenvalue weighted by molar-refractivity contribution is 0.259. The zero-order valence-electron chi connectivity index (χ0n) is 12.1. The number of rotatable bonds is 8. The summed E-state index contributed by atoms with van der Waals surface area (Å²) in [6.45, 7) is 16.7. The second-order valence-electron chi connectivity index (χ2n) is 6.63. The van der Waals surface area contributed by atoms with E-state index < -0.39 is 0 Å². The zero-order valence-corrected chi connectivity index (χ0v) is 12.1. The van der Waals surface area contributed by atoms with Gasteiger partial charge >= 0.3 is 0 Å². The van der Waals surface area contributed by atoms with Crippen molar-refractivity contribution in [3.63, 3.8) is 0 Å². The first-order chi connectivity index (χ1) is 7.28. The Morgan fingerprint density at radius 2 is 1.69 bits per heavy atom. The van der Waals surface area contributed by atoms with Crippen LogP contribution in [0.5, 0.6) is 0 Å². The molecule has 0 amide bonds. The molecule has 0 aromatic rings. The van der Waals surface area contributed by atoms with Crippen LogP contribution in [-0.2, 0) is 0 Å². The van der Waals surface area contributed by atoms with E-state index in [0.29, 0.717) is 17.3 Å². The third kappa shape index (κ3) is 7.24. The number of nitrogens with one attached hydrogen (secondary N) is 1. The molecule has 0 heterocycles.